The Morgan fingerprint density at radius 2 is 1.74 bits per heavy atom. The molecule has 1 saturated heterocycles. The highest BCUT2D eigenvalue weighted by molar-refractivity contribution is 6.30. The number of piperazine rings is 1. The molecule has 1 aliphatic heterocycles. The standard InChI is InChI=1S/C17H16ClFN4/c18-12-5-6-16(14(19)11-12)22-7-9-23(10-8-22)17-13-3-1-2-4-15(13)20-21-17/h1-6,11H,7-10H2,(H,20,21). The first-order valence-electron chi connectivity index (χ1n) is 7.60. The van der Waals surface area contributed by atoms with E-state index in [4.69, 9.17) is 11.6 Å². The lowest BCUT2D eigenvalue weighted by Crippen LogP contribution is -2.47. The van der Waals surface area contributed by atoms with Gasteiger partial charge in [-0.15, -0.1) is 0 Å². The van der Waals surface area contributed by atoms with Crippen LogP contribution in [0.1, 0.15) is 0 Å². The van der Waals surface area contributed by atoms with Crippen molar-refractivity contribution >= 4 is 34.0 Å². The molecular weight excluding hydrogens is 315 g/mol. The van der Waals surface area contributed by atoms with Crippen molar-refractivity contribution in [3.05, 3.63) is 53.3 Å². The van der Waals surface area contributed by atoms with E-state index in [0.29, 0.717) is 10.7 Å². The van der Waals surface area contributed by atoms with E-state index >= 15 is 0 Å². The second-order valence-electron chi connectivity index (χ2n) is 5.66. The van der Waals surface area contributed by atoms with Crippen LogP contribution >= 0.6 is 11.6 Å². The number of nitrogens with one attached hydrogen (secondary N) is 1. The number of H-pyrrole nitrogens is 1. The minimum Gasteiger partial charge on any atom is -0.366 e. The lowest BCUT2D eigenvalue weighted by Gasteiger charge is -2.36. The van der Waals surface area contributed by atoms with E-state index in [2.05, 4.69) is 26.1 Å². The summed E-state index contributed by atoms with van der Waals surface area (Å²) in [4.78, 5) is 4.29. The first-order chi connectivity index (χ1) is 11.2. The highest BCUT2D eigenvalue weighted by Crippen LogP contribution is 2.27. The van der Waals surface area contributed by atoms with Gasteiger partial charge in [-0.25, -0.2) is 4.39 Å². The van der Waals surface area contributed by atoms with Crippen molar-refractivity contribution in [3.8, 4) is 0 Å². The van der Waals surface area contributed by atoms with Crippen molar-refractivity contribution in [1.29, 1.82) is 0 Å². The van der Waals surface area contributed by atoms with Gasteiger partial charge in [0.05, 0.1) is 11.2 Å². The summed E-state index contributed by atoms with van der Waals surface area (Å²) in [7, 11) is 0. The van der Waals surface area contributed by atoms with Crippen molar-refractivity contribution < 1.29 is 4.39 Å². The normalized spacial score (nSPS) is 15.4. The predicted octanol–water partition coefficient (Wildman–Crippen LogP) is 3.68. The summed E-state index contributed by atoms with van der Waals surface area (Å²) in [5, 5.41) is 9.05. The first kappa shape index (κ1) is 14.3. The Kier molecular flexibility index (Phi) is 3.58. The van der Waals surface area contributed by atoms with Gasteiger partial charge in [0, 0.05) is 36.6 Å². The third kappa shape index (κ3) is 2.61. The SMILES string of the molecule is Fc1cc(Cl)ccc1N1CCN(c2n[nH]c3ccccc23)CC1. The number of hydrogen-bond acceptors (Lipinski definition) is 3. The quantitative estimate of drug-likeness (QED) is 0.778. The largest absolute Gasteiger partial charge is 0.366 e. The summed E-state index contributed by atoms with van der Waals surface area (Å²) in [5.74, 6) is 0.702. The molecule has 1 fully saturated rings. The Morgan fingerprint density at radius 3 is 2.52 bits per heavy atom. The van der Waals surface area contributed by atoms with Crippen LogP contribution in [0.3, 0.4) is 0 Å². The third-order valence-corrected chi connectivity index (χ3v) is 4.51. The lowest BCUT2D eigenvalue weighted by molar-refractivity contribution is 0.596. The highest BCUT2D eigenvalue weighted by Gasteiger charge is 2.22. The van der Waals surface area contributed by atoms with Crippen LogP contribution in [0.5, 0.6) is 0 Å². The van der Waals surface area contributed by atoms with E-state index in [1.807, 2.05) is 18.2 Å². The number of benzene rings is 2. The summed E-state index contributed by atoms with van der Waals surface area (Å²) in [6.07, 6.45) is 0. The Balaban J connectivity index is 1.53. The molecular formula is C17H16ClFN4. The summed E-state index contributed by atoms with van der Waals surface area (Å²) in [5.41, 5.74) is 1.65. The third-order valence-electron chi connectivity index (χ3n) is 4.28. The van der Waals surface area contributed by atoms with E-state index in [1.165, 1.54) is 6.07 Å². The van der Waals surface area contributed by atoms with Crippen LogP contribution in [0.15, 0.2) is 42.5 Å². The maximum Gasteiger partial charge on any atom is 0.158 e. The number of hydrogen-bond donors (Lipinski definition) is 1. The molecule has 23 heavy (non-hydrogen) atoms. The second kappa shape index (κ2) is 5.74. The van der Waals surface area contributed by atoms with Crippen LogP contribution in [-0.2, 0) is 0 Å². The Morgan fingerprint density at radius 1 is 1.00 bits per heavy atom. The Labute approximate surface area is 138 Å². The van der Waals surface area contributed by atoms with Crippen LogP contribution in [-0.4, -0.2) is 36.4 Å². The monoisotopic (exact) mass is 330 g/mol. The van der Waals surface area contributed by atoms with E-state index in [1.54, 1.807) is 12.1 Å². The van der Waals surface area contributed by atoms with Crippen molar-refractivity contribution in [3.63, 3.8) is 0 Å². The first-order valence-corrected chi connectivity index (χ1v) is 7.98. The number of anilines is 2. The summed E-state index contributed by atoms with van der Waals surface area (Å²) < 4.78 is 14.1. The molecule has 118 valence electrons. The van der Waals surface area contributed by atoms with Gasteiger partial charge < -0.3 is 9.80 Å². The van der Waals surface area contributed by atoms with Gasteiger partial charge in [0.15, 0.2) is 5.82 Å². The predicted molar refractivity (Wildman–Crippen MR) is 91.9 cm³/mol. The zero-order chi connectivity index (χ0) is 15.8. The van der Waals surface area contributed by atoms with Crippen molar-refractivity contribution in [2.75, 3.05) is 36.0 Å². The van der Waals surface area contributed by atoms with Crippen molar-refractivity contribution in [1.82, 2.24) is 10.2 Å². The molecule has 4 nitrogen and oxygen atoms in total. The summed E-state index contributed by atoms with van der Waals surface area (Å²) in [6.45, 7) is 3.10. The van der Waals surface area contributed by atoms with Crippen molar-refractivity contribution in [2.45, 2.75) is 0 Å². The van der Waals surface area contributed by atoms with Crippen LogP contribution in [0.4, 0.5) is 15.9 Å². The van der Waals surface area contributed by atoms with Gasteiger partial charge in [-0.05, 0) is 30.3 Å². The number of nitrogens with zero attached hydrogens (tertiary/aromatic N) is 3. The fourth-order valence-corrected chi connectivity index (χ4v) is 3.25. The minimum absolute atomic E-state index is 0.267. The number of halogens is 2. The molecule has 4 rings (SSSR count). The smallest absolute Gasteiger partial charge is 0.158 e. The minimum atomic E-state index is -0.267. The second-order valence-corrected chi connectivity index (χ2v) is 6.10. The molecule has 0 spiro atoms. The van der Waals surface area contributed by atoms with E-state index in [9.17, 15) is 4.39 Å². The zero-order valence-corrected chi connectivity index (χ0v) is 13.2. The van der Waals surface area contributed by atoms with Gasteiger partial charge in [-0.1, -0.05) is 23.7 Å². The van der Waals surface area contributed by atoms with Gasteiger partial charge in [0.1, 0.15) is 5.82 Å². The van der Waals surface area contributed by atoms with Crippen LogP contribution < -0.4 is 9.80 Å². The molecule has 2 aromatic carbocycles. The van der Waals surface area contributed by atoms with Crippen LogP contribution in [0.2, 0.25) is 5.02 Å². The molecule has 0 radical (unpaired) electrons. The average molecular weight is 331 g/mol. The van der Waals surface area contributed by atoms with Gasteiger partial charge in [-0.2, -0.15) is 5.10 Å². The fraction of sp³-hybridized carbons (Fsp3) is 0.235. The Hall–Kier alpha value is -2.27. The molecule has 0 bridgehead atoms. The number of rotatable bonds is 2. The maximum atomic E-state index is 14.1. The molecule has 0 atom stereocenters. The Bertz CT molecular complexity index is 839. The van der Waals surface area contributed by atoms with E-state index in [0.717, 1.165) is 42.9 Å². The van der Waals surface area contributed by atoms with Gasteiger partial charge >= 0.3 is 0 Å². The molecule has 0 aliphatic carbocycles. The maximum absolute atomic E-state index is 14.1. The van der Waals surface area contributed by atoms with E-state index < -0.39 is 0 Å². The van der Waals surface area contributed by atoms with Crippen LogP contribution in [0.25, 0.3) is 10.9 Å². The molecule has 6 heteroatoms. The molecule has 2 heterocycles. The van der Waals surface area contributed by atoms with Gasteiger partial charge in [0.25, 0.3) is 0 Å². The molecule has 0 unspecified atom stereocenters. The van der Waals surface area contributed by atoms with Gasteiger partial charge in [0.2, 0.25) is 0 Å². The van der Waals surface area contributed by atoms with Crippen LogP contribution in [0, 0.1) is 5.82 Å². The lowest BCUT2D eigenvalue weighted by atomic mass is 10.2. The molecule has 1 aromatic heterocycles. The molecule has 0 saturated carbocycles. The zero-order valence-electron chi connectivity index (χ0n) is 12.5. The topological polar surface area (TPSA) is 35.2 Å². The number of para-hydroxylation sites is 1. The highest BCUT2D eigenvalue weighted by atomic mass is 35.5. The molecule has 1 N–H and O–H groups in total. The molecule has 3 aromatic rings. The fourth-order valence-electron chi connectivity index (χ4n) is 3.09. The summed E-state index contributed by atoms with van der Waals surface area (Å²) in [6, 6.07) is 12.9. The number of fused-ring (bicyclic) bond motifs is 1. The molecule has 1 aliphatic rings. The molecule has 0 amide bonds. The number of aromatic nitrogens is 2. The van der Waals surface area contributed by atoms with E-state index in [-0.39, 0.29) is 5.82 Å². The number of aromatic amines is 1. The van der Waals surface area contributed by atoms with Crippen molar-refractivity contribution in [2.24, 2.45) is 0 Å². The summed E-state index contributed by atoms with van der Waals surface area (Å²) >= 11 is 5.82. The average Bonchev–Trinajstić information content (AvgIpc) is 2.99. The van der Waals surface area contributed by atoms with Gasteiger partial charge in [-0.3, -0.25) is 5.10 Å².